The van der Waals surface area contributed by atoms with Crippen molar-refractivity contribution < 1.29 is 28.7 Å². The zero-order valence-corrected chi connectivity index (χ0v) is 20.6. The molecule has 0 saturated carbocycles. The first kappa shape index (κ1) is 25.4. The number of nitrogens with zero attached hydrogens (tertiary/aromatic N) is 4. The predicted molar refractivity (Wildman–Crippen MR) is 134 cm³/mol. The van der Waals surface area contributed by atoms with E-state index < -0.39 is 29.7 Å². The van der Waals surface area contributed by atoms with Gasteiger partial charge in [-0.3, -0.25) is 14.4 Å². The molecule has 0 aliphatic heterocycles. The van der Waals surface area contributed by atoms with E-state index in [0.29, 0.717) is 24.0 Å². The molecule has 0 bridgehead atoms. The number of aryl methyl sites for hydroxylation is 2. The number of carbonyl (C=O) groups excluding carboxylic acids is 3. The molecule has 5 N–H and O–H groups in total. The Morgan fingerprint density at radius 2 is 1.92 bits per heavy atom. The Balaban J connectivity index is 1.44. The minimum absolute atomic E-state index is 0.0554. The van der Waals surface area contributed by atoms with Crippen LogP contribution in [-0.4, -0.2) is 48.6 Å². The lowest BCUT2D eigenvalue weighted by Gasteiger charge is -2.15. The van der Waals surface area contributed by atoms with Crippen LogP contribution in [-0.2, 0) is 13.0 Å². The molecule has 4 aromatic rings. The van der Waals surface area contributed by atoms with E-state index in [0.717, 1.165) is 15.6 Å². The fourth-order valence-corrected chi connectivity index (χ4v) is 4.54. The average Bonchev–Trinajstić information content (AvgIpc) is 3.52. The Morgan fingerprint density at radius 3 is 2.64 bits per heavy atom. The van der Waals surface area contributed by atoms with Crippen LogP contribution in [0.3, 0.4) is 0 Å². The van der Waals surface area contributed by atoms with Crippen LogP contribution in [0, 0.1) is 12.7 Å². The van der Waals surface area contributed by atoms with Gasteiger partial charge >= 0.3 is 5.97 Å². The molecule has 0 unspecified atom stereocenters. The first-order valence-electron chi connectivity index (χ1n) is 11.9. The summed E-state index contributed by atoms with van der Waals surface area (Å²) in [6, 6.07) is 9.94. The number of nitrogens with one attached hydrogen (secondary N) is 2. The van der Waals surface area contributed by atoms with Crippen molar-refractivity contribution in [1.82, 2.24) is 30.4 Å². The van der Waals surface area contributed by atoms with Gasteiger partial charge < -0.3 is 21.5 Å². The van der Waals surface area contributed by atoms with Crippen LogP contribution >= 0.6 is 0 Å². The summed E-state index contributed by atoms with van der Waals surface area (Å²) in [6.07, 6.45) is 1.11. The normalized spacial score (nSPS) is 14.2. The number of carboxylic acids is 1. The van der Waals surface area contributed by atoms with Crippen molar-refractivity contribution in [2.24, 2.45) is 5.73 Å². The topological polar surface area (TPSA) is 182 Å². The molecule has 2 aromatic carbocycles. The van der Waals surface area contributed by atoms with Crippen molar-refractivity contribution in [2.45, 2.75) is 32.4 Å². The van der Waals surface area contributed by atoms with Crippen molar-refractivity contribution in [1.29, 1.82) is 0 Å². The number of halogens is 1. The van der Waals surface area contributed by atoms with Gasteiger partial charge in [-0.25, -0.2) is 14.2 Å². The highest BCUT2D eigenvalue weighted by atomic mass is 19.1. The van der Waals surface area contributed by atoms with E-state index in [9.17, 15) is 28.7 Å². The van der Waals surface area contributed by atoms with Gasteiger partial charge in [0, 0.05) is 12.6 Å². The van der Waals surface area contributed by atoms with Crippen molar-refractivity contribution in [3.05, 3.63) is 93.2 Å². The number of aromatic nitrogens is 4. The minimum Gasteiger partial charge on any atom is -0.478 e. The Kier molecular flexibility index (Phi) is 6.48. The molecule has 0 saturated heterocycles. The van der Waals surface area contributed by atoms with Crippen LogP contribution < -0.4 is 16.4 Å². The van der Waals surface area contributed by atoms with E-state index in [-0.39, 0.29) is 40.7 Å². The van der Waals surface area contributed by atoms with E-state index in [2.05, 4.69) is 25.9 Å². The van der Waals surface area contributed by atoms with Crippen LogP contribution in [0.5, 0.6) is 0 Å². The lowest BCUT2D eigenvalue weighted by molar-refractivity contribution is 0.0695. The van der Waals surface area contributed by atoms with Crippen LogP contribution in [0.15, 0.2) is 42.5 Å². The van der Waals surface area contributed by atoms with E-state index in [1.165, 1.54) is 24.3 Å². The van der Waals surface area contributed by atoms with Crippen LogP contribution in [0.2, 0.25) is 0 Å². The second-order valence-corrected chi connectivity index (χ2v) is 9.11. The van der Waals surface area contributed by atoms with E-state index in [1.807, 2.05) is 0 Å². The summed E-state index contributed by atoms with van der Waals surface area (Å²) in [5.41, 5.74) is 7.42. The summed E-state index contributed by atoms with van der Waals surface area (Å²) >= 11 is 0. The molecule has 2 heterocycles. The summed E-state index contributed by atoms with van der Waals surface area (Å²) in [5, 5.41) is 22.3. The molecule has 0 fully saturated rings. The molecule has 1 aliphatic rings. The number of hydrogen-bond donors (Lipinski definition) is 4. The number of primary amides is 1. The molecule has 1 aliphatic carbocycles. The molecule has 12 nitrogen and oxygen atoms in total. The van der Waals surface area contributed by atoms with Crippen molar-refractivity contribution in [3.8, 4) is 0 Å². The maximum Gasteiger partial charge on any atom is 0.335 e. The number of aromatic carboxylic acids is 1. The molecule has 13 heteroatoms. The highest BCUT2D eigenvalue weighted by Gasteiger charge is 2.28. The highest BCUT2D eigenvalue weighted by molar-refractivity contribution is 6.01. The Hall–Kier alpha value is -5.20. The van der Waals surface area contributed by atoms with Gasteiger partial charge in [0.2, 0.25) is 0 Å². The summed E-state index contributed by atoms with van der Waals surface area (Å²) in [7, 11) is 0. The smallest absolute Gasteiger partial charge is 0.335 e. The van der Waals surface area contributed by atoms with Crippen LogP contribution in [0.25, 0.3) is 5.65 Å². The second kappa shape index (κ2) is 9.93. The predicted octanol–water partition coefficient (Wildman–Crippen LogP) is 1.72. The number of fused-ring (bicyclic) bond motifs is 2. The number of carboxylic acid groups (broad SMARTS) is 1. The molecule has 0 radical (unpaired) electrons. The largest absolute Gasteiger partial charge is 0.478 e. The van der Waals surface area contributed by atoms with Crippen LogP contribution in [0.1, 0.15) is 76.5 Å². The second-order valence-electron chi connectivity index (χ2n) is 9.11. The maximum absolute atomic E-state index is 13.6. The Bertz CT molecular complexity index is 1680. The number of benzene rings is 2. The maximum atomic E-state index is 13.6. The first-order valence-corrected chi connectivity index (χ1v) is 11.9. The molecule has 5 rings (SSSR count). The average molecular weight is 532 g/mol. The zero-order valence-electron chi connectivity index (χ0n) is 20.6. The third-order valence-electron chi connectivity index (χ3n) is 6.52. The number of carbonyl (C=O) groups is 4. The van der Waals surface area contributed by atoms with Crippen LogP contribution in [0.4, 0.5) is 4.39 Å². The van der Waals surface area contributed by atoms with Gasteiger partial charge in [-0.2, -0.15) is 4.52 Å². The molecule has 1 atom stereocenters. The summed E-state index contributed by atoms with van der Waals surface area (Å²) < 4.78 is 14.6. The molecule has 0 spiro atoms. The van der Waals surface area contributed by atoms with Gasteiger partial charge in [0.1, 0.15) is 17.2 Å². The fourth-order valence-electron chi connectivity index (χ4n) is 4.54. The lowest BCUT2D eigenvalue weighted by Crippen LogP contribution is -2.30. The molecule has 39 heavy (non-hydrogen) atoms. The van der Waals surface area contributed by atoms with Gasteiger partial charge in [-0.15, -0.1) is 5.10 Å². The van der Waals surface area contributed by atoms with E-state index >= 15 is 0 Å². The third-order valence-corrected chi connectivity index (χ3v) is 6.52. The summed E-state index contributed by atoms with van der Waals surface area (Å²) in [4.78, 5) is 53.8. The standard InChI is InChI=1S/C26H22FN7O5/c1-12-8-13(2-6-17(12)27)11-29-25(37)20-10-19(30-23-21(22(28)35)32-33-34(20)23)24(36)31-18-7-4-14-9-15(26(38)39)3-5-16(14)18/h2-3,5-6,8-10,18H,4,7,11H2,1H3,(H2,28,35)(H,29,37)(H,31,36)(H,38,39)/t18-/m0/s1. The van der Waals surface area contributed by atoms with E-state index in [4.69, 9.17) is 5.73 Å². The quantitative estimate of drug-likeness (QED) is 0.278. The van der Waals surface area contributed by atoms with Gasteiger partial charge in [-0.1, -0.05) is 23.4 Å². The van der Waals surface area contributed by atoms with Gasteiger partial charge in [-0.05, 0) is 60.2 Å². The molecule has 198 valence electrons. The van der Waals surface area contributed by atoms with Gasteiger partial charge in [0.05, 0.1) is 11.6 Å². The van der Waals surface area contributed by atoms with E-state index in [1.54, 1.807) is 25.1 Å². The minimum atomic E-state index is -1.04. The Morgan fingerprint density at radius 1 is 1.13 bits per heavy atom. The number of rotatable bonds is 7. The SMILES string of the molecule is Cc1cc(CNC(=O)c2cc(C(=O)N[C@H]3CCc4cc(C(=O)O)ccc43)nc3c(C(N)=O)nnn23)ccc1F. The van der Waals surface area contributed by atoms with Crippen molar-refractivity contribution in [2.75, 3.05) is 0 Å². The Labute approximate surface area is 220 Å². The third kappa shape index (κ3) is 4.89. The number of amides is 3. The zero-order chi connectivity index (χ0) is 27.8. The first-order chi connectivity index (χ1) is 18.6. The van der Waals surface area contributed by atoms with Crippen molar-refractivity contribution in [3.63, 3.8) is 0 Å². The van der Waals surface area contributed by atoms with Gasteiger partial charge in [0.25, 0.3) is 17.7 Å². The fraction of sp³-hybridized carbons (Fsp3) is 0.192. The molecular formula is C26H22FN7O5. The number of nitrogens with two attached hydrogens (primary N) is 1. The molecule has 2 aromatic heterocycles. The number of hydrogen-bond acceptors (Lipinski definition) is 7. The monoisotopic (exact) mass is 531 g/mol. The lowest BCUT2D eigenvalue weighted by atomic mass is 10.0. The van der Waals surface area contributed by atoms with Gasteiger partial charge in [0.15, 0.2) is 11.3 Å². The highest BCUT2D eigenvalue weighted by Crippen LogP contribution is 2.32. The van der Waals surface area contributed by atoms with Crippen molar-refractivity contribution >= 4 is 29.3 Å². The molecular weight excluding hydrogens is 509 g/mol. The summed E-state index contributed by atoms with van der Waals surface area (Å²) in [6.45, 7) is 1.66. The summed E-state index contributed by atoms with van der Waals surface area (Å²) in [5.74, 6) is -3.63. The molecule has 3 amide bonds.